The van der Waals surface area contributed by atoms with Crippen molar-refractivity contribution >= 4 is 21.9 Å². The van der Waals surface area contributed by atoms with Crippen LogP contribution in [0.25, 0.3) is 0 Å². The largest absolute Gasteiger partial charge is 0.493 e. The standard InChI is InChI=1S/C16H24BrNO4/c1-5-6-22-15-12(17)7-11(8-13(15)21-4)9-18-14(10(2)3)16(19)20/h7-8,10,14,18H,5-6,9H2,1-4H3,(H,19,20)/t14-/m1/s1. The smallest absolute Gasteiger partial charge is 0.320 e. The van der Waals surface area contributed by atoms with Gasteiger partial charge in [-0.25, -0.2) is 0 Å². The van der Waals surface area contributed by atoms with Gasteiger partial charge in [0.15, 0.2) is 11.5 Å². The van der Waals surface area contributed by atoms with Crippen LogP contribution in [0.2, 0.25) is 0 Å². The van der Waals surface area contributed by atoms with E-state index >= 15 is 0 Å². The molecule has 0 unspecified atom stereocenters. The van der Waals surface area contributed by atoms with Gasteiger partial charge in [0.2, 0.25) is 0 Å². The lowest BCUT2D eigenvalue weighted by Crippen LogP contribution is -2.40. The van der Waals surface area contributed by atoms with Crippen LogP contribution in [0.4, 0.5) is 0 Å². The molecule has 0 bridgehead atoms. The molecule has 1 rings (SSSR count). The summed E-state index contributed by atoms with van der Waals surface area (Å²) in [7, 11) is 1.59. The molecule has 0 aromatic heterocycles. The van der Waals surface area contributed by atoms with Gasteiger partial charge < -0.3 is 19.9 Å². The topological polar surface area (TPSA) is 67.8 Å². The van der Waals surface area contributed by atoms with Gasteiger partial charge in [-0.05, 0) is 46.0 Å². The Balaban J connectivity index is 2.88. The minimum atomic E-state index is -0.844. The van der Waals surface area contributed by atoms with E-state index in [1.807, 2.05) is 32.9 Å². The molecular weight excluding hydrogens is 350 g/mol. The van der Waals surface area contributed by atoms with E-state index in [1.54, 1.807) is 7.11 Å². The third kappa shape index (κ3) is 5.18. The van der Waals surface area contributed by atoms with Crippen molar-refractivity contribution in [3.63, 3.8) is 0 Å². The third-order valence-electron chi connectivity index (χ3n) is 3.20. The van der Waals surface area contributed by atoms with Gasteiger partial charge in [-0.15, -0.1) is 0 Å². The van der Waals surface area contributed by atoms with Crippen LogP contribution in [0.5, 0.6) is 11.5 Å². The number of rotatable bonds is 9. The Kier molecular flexibility index (Phi) is 7.68. The van der Waals surface area contributed by atoms with Crippen molar-refractivity contribution in [2.75, 3.05) is 13.7 Å². The molecule has 6 heteroatoms. The van der Waals surface area contributed by atoms with Crippen molar-refractivity contribution in [1.29, 1.82) is 0 Å². The predicted molar refractivity (Wildman–Crippen MR) is 89.6 cm³/mol. The number of carboxylic acid groups (broad SMARTS) is 1. The van der Waals surface area contributed by atoms with E-state index in [2.05, 4.69) is 21.2 Å². The lowest BCUT2D eigenvalue weighted by atomic mass is 10.0. The monoisotopic (exact) mass is 373 g/mol. The molecular formula is C16H24BrNO4. The van der Waals surface area contributed by atoms with Crippen LogP contribution in [0.1, 0.15) is 32.8 Å². The SMILES string of the molecule is CCCOc1c(Br)cc(CN[C@@H](C(=O)O)C(C)C)cc1OC. The summed E-state index contributed by atoms with van der Waals surface area (Å²) in [6.07, 6.45) is 0.910. The molecule has 0 amide bonds. The van der Waals surface area contributed by atoms with Crippen LogP contribution in [0.15, 0.2) is 16.6 Å². The molecule has 124 valence electrons. The molecule has 0 heterocycles. The van der Waals surface area contributed by atoms with Gasteiger partial charge in [0.25, 0.3) is 0 Å². The maximum Gasteiger partial charge on any atom is 0.320 e. The van der Waals surface area contributed by atoms with Gasteiger partial charge in [0.1, 0.15) is 6.04 Å². The van der Waals surface area contributed by atoms with E-state index in [0.29, 0.717) is 24.7 Å². The van der Waals surface area contributed by atoms with Crippen LogP contribution >= 0.6 is 15.9 Å². The molecule has 0 aliphatic carbocycles. The van der Waals surface area contributed by atoms with Crippen molar-refractivity contribution in [2.24, 2.45) is 5.92 Å². The van der Waals surface area contributed by atoms with Crippen molar-refractivity contribution in [3.05, 3.63) is 22.2 Å². The fourth-order valence-corrected chi connectivity index (χ4v) is 2.66. The van der Waals surface area contributed by atoms with Gasteiger partial charge in [-0.2, -0.15) is 0 Å². The summed E-state index contributed by atoms with van der Waals surface area (Å²) in [5, 5.41) is 12.3. The summed E-state index contributed by atoms with van der Waals surface area (Å²) >= 11 is 3.48. The van der Waals surface area contributed by atoms with Crippen LogP contribution in [0, 0.1) is 5.92 Å². The zero-order chi connectivity index (χ0) is 16.7. The van der Waals surface area contributed by atoms with E-state index in [1.165, 1.54) is 0 Å². The molecule has 0 saturated heterocycles. The highest BCUT2D eigenvalue weighted by Gasteiger charge is 2.21. The van der Waals surface area contributed by atoms with E-state index < -0.39 is 12.0 Å². The highest BCUT2D eigenvalue weighted by atomic mass is 79.9. The van der Waals surface area contributed by atoms with Crippen LogP contribution < -0.4 is 14.8 Å². The highest BCUT2D eigenvalue weighted by Crippen LogP contribution is 2.36. The zero-order valence-electron chi connectivity index (χ0n) is 13.5. The second-order valence-corrected chi connectivity index (χ2v) is 6.25. The molecule has 0 radical (unpaired) electrons. The first-order chi connectivity index (χ1) is 10.4. The molecule has 0 spiro atoms. The maximum atomic E-state index is 11.2. The molecule has 5 nitrogen and oxygen atoms in total. The van der Waals surface area contributed by atoms with Crippen LogP contribution in [-0.4, -0.2) is 30.8 Å². The molecule has 2 N–H and O–H groups in total. The Hall–Kier alpha value is -1.27. The first-order valence-electron chi connectivity index (χ1n) is 7.36. The summed E-state index contributed by atoms with van der Waals surface area (Å²) in [6, 6.07) is 3.20. The molecule has 1 aromatic rings. The number of halogens is 1. The second kappa shape index (κ2) is 9.00. The second-order valence-electron chi connectivity index (χ2n) is 5.40. The maximum absolute atomic E-state index is 11.2. The molecule has 0 fully saturated rings. The van der Waals surface area contributed by atoms with Crippen molar-refractivity contribution in [3.8, 4) is 11.5 Å². The molecule has 0 saturated carbocycles. The fraction of sp³-hybridized carbons (Fsp3) is 0.562. The van der Waals surface area contributed by atoms with Crippen LogP contribution in [0.3, 0.4) is 0 Å². The number of nitrogens with one attached hydrogen (secondary N) is 1. The van der Waals surface area contributed by atoms with Crippen molar-refractivity contribution in [1.82, 2.24) is 5.32 Å². The quantitative estimate of drug-likeness (QED) is 0.693. The molecule has 22 heavy (non-hydrogen) atoms. The number of aliphatic carboxylic acids is 1. The zero-order valence-corrected chi connectivity index (χ0v) is 15.1. The van der Waals surface area contributed by atoms with E-state index in [-0.39, 0.29) is 5.92 Å². The van der Waals surface area contributed by atoms with Gasteiger partial charge in [0, 0.05) is 6.54 Å². The number of benzene rings is 1. The first-order valence-corrected chi connectivity index (χ1v) is 8.15. The average molecular weight is 374 g/mol. The lowest BCUT2D eigenvalue weighted by Gasteiger charge is -2.19. The summed E-state index contributed by atoms with van der Waals surface area (Å²) in [4.78, 5) is 11.2. The van der Waals surface area contributed by atoms with Crippen LogP contribution in [-0.2, 0) is 11.3 Å². The third-order valence-corrected chi connectivity index (χ3v) is 3.79. The van der Waals surface area contributed by atoms with Crippen molar-refractivity contribution in [2.45, 2.75) is 39.8 Å². The van der Waals surface area contributed by atoms with Gasteiger partial charge in [-0.1, -0.05) is 20.8 Å². The number of hydrogen-bond acceptors (Lipinski definition) is 4. The van der Waals surface area contributed by atoms with E-state index in [0.717, 1.165) is 16.5 Å². The number of carbonyl (C=O) groups is 1. The Morgan fingerprint density at radius 2 is 2.09 bits per heavy atom. The Morgan fingerprint density at radius 1 is 1.41 bits per heavy atom. The summed E-state index contributed by atoms with van der Waals surface area (Å²) in [5.74, 6) is 0.474. The molecule has 0 aliphatic rings. The van der Waals surface area contributed by atoms with Gasteiger partial charge >= 0.3 is 5.97 Å². The predicted octanol–water partition coefficient (Wildman–Crippen LogP) is 3.45. The highest BCUT2D eigenvalue weighted by molar-refractivity contribution is 9.10. The average Bonchev–Trinajstić information content (AvgIpc) is 2.45. The number of methoxy groups -OCH3 is 1. The molecule has 0 aliphatic heterocycles. The Labute approximate surface area is 140 Å². The summed E-state index contributed by atoms with van der Waals surface area (Å²) in [6.45, 7) is 6.85. The fourth-order valence-electron chi connectivity index (χ4n) is 2.06. The molecule has 1 atom stereocenters. The minimum Gasteiger partial charge on any atom is -0.493 e. The Bertz CT molecular complexity index is 505. The normalized spacial score (nSPS) is 12.3. The van der Waals surface area contributed by atoms with E-state index in [4.69, 9.17) is 9.47 Å². The number of ether oxygens (including phenoxy) is 2. The summed E-state index contributed by atoms with van der Waals surface area (Å²) in [5.41, 5.74) is 0.930. The van der Waals surface area contributed by atoms with Gasteiger partial charge in [0.05, 0.1) is 18.2 Å². The first kappa shape index (κ1) is 18.8. The number of carboxylic acids is 1. The van der Waals surface area contributed by atoms with E-state index in [9.17, 15) is 9.90 Å². The van der Waals surface area contributed by atoms with Crippen molar-refractivity contribution < 1.29 is 19.4 Å². The Morgan fingerprint density at radius 3 is 2.59 bits per heavy atom. The number of hydrogen-bond donors (Lipinski definition) is 2. The lowest BCUT2D eigenvalue weighted by molar-refractivity contribution is -0.140. The van der Waals surface area contributed by atoms with Gasteiger partial charge in [-0.3, -0.25) is 4.79 Å². The summed E-state index contributed by atoms with van der Waals surface area (Å²) < 4.78 is 11.8. The molecule has 1 aromatic carbocycles. The minimum absolute atomic E-state index is 0.00926.